The fourth-order valence-electron chi connectivity index (χ4n) is 1.94. The molecule has 1 heterocycles. The van der Waals surface area contributed by atoms with Gasteiger partial charge in [0, 0.05) is 13.5 Å². The smallest absolute Gasteiger partial charge is 0.157 e. The van der Waals surface area contributed by atoms with Crippen molar-refractivity contribution in [3.05, 3.63) is 0 Å². The maximum atomic E-state index is 5.75. The van der Waals surface area contributed by atoms with E-state index in [9.17, 15) is 0 Å². The molecular weight excluding hydrogens is 164 g/mol. The van der Waals surface area contributed by atoms with E-state index in [4.69, 9.17) is 9.47 Å². The molecule has 0 aliphatic carbocycles. The average molecular weight is 186 g/mol. The summed E-state index contributed by atoms with van der Waals surface area (Å²) >= 11 is 0. The largest absolute Gasteiger partial charge is 0.356 e. The lowest BCUT2D eigenvalue weighted by molar-refractivity contribution is -0.117. The predicted molar refractivity (Wildman–Crippen MR) is 53.6 cm³/mol. The minimum atomic E-state index is 0.0571. The highest BCUT2D eigenvalue weighted by molar-refractivity contribution is 4.75. The van der Waals surface area contributed by atoms with E-state index < -0.39 is 0 Å². The lowest BCUT2D eigenvalue weighted by Gasteiger charge is -2.14. The van der Waals surface area contributed by atoms with Gasteiger partial charge >= 0.3 is 0 Å². The van der Waals surface area contributed by atoms with Crippen LogP contribution in [0.3, 0.4) is 0 Å². The molecule has 0 aromatic rings. The van der Waals surface area contributed by atoms with Gasteiger partial charge in [0.1, 0.15) is 0 Å². The van der Waals surface area contributed by atoms with Crippen molar-refractivity contribution in [3.63, 3.8) is 0 Å². The normalized spacial score (nSPS) is 33.9. The highest BCUT2D eigenvalue weighted by Crippen LogP contribution is 2.29. The van der Waals surface area contributed by atoms with Gasteiger partial charge in [-0.15, -0.1) is 0 Å². The Kier molecular flexibility index (Phi) is 4.74. The topological polar surface area (TPSA) is 18.5 Å². The first-order chi connectivity index (χ1) is 6.27. The first-order valence-electron chi connectivity index (χ1n) is 5.46. The van der Waals surface area contributed by atoms with Crippen molar-refractivity contribution in [1.82, 2.24) is 0 Å². The highest BCUT2D eigenvalue weighted by Gasteiger charge is 2.31. The van der Waals surface area contributed by atoms with E-state index in [0.29, 0.717) is 12.0 Å². The van der Waals surface area contributed by atoms with Crippen molar-refractivity contribution in [1.29, 1.82) is 0 Å². The zero-order chi connectivity index (χ0) is 9.68. The quantitative estimate of drug-likeness (QED) is 0.614. The third-order valence-electron chi connectivity index (χ3n) is 2.88. The van der Waals surface area contributed by atoms with Crippen LogP contribution >= 0.6 is 0 Å². The van der Waals surface area contributed by atoms with Crippen LogP contribution in [-0.4, -0.2) is 19.5 Å². The van der Waals surface area contributed by atoms with Crippen molar-refractivity contribution in [2.75, 3.05) is 7.11 Å². The van der Waals surface area contributed by atoms with Crippen molar-refractivity contribution in [3.8, 4) is 0 Å². The van der Waals surface area contributed by atoms with E-state index in [1.54, 1.807) is 7.11 Å². The Bertz CT molecular complexity index is 136. The second kappa shape index (κ2) is 5.61. The Morgan fingerprint density at radius 3 is 2.69 bits per heavy atom. The minimum absolute atomic E-state index is 0.0571. The molecule has 0 saturated carbocycles. The molecule has 0 amide bonds. The molecule has 1 saturated heterocycles. The molecule has 3 atom stereocenters. The van der Waals surface area contributed by atoms with Gasteiger partial charge in [-0.3, -0.25) is 0 Å². The Morgan fingerprint density at radius 2 is 2.15 bits per heavy atom. The summed E-state index contributed by atoms with van der Waals surface area (Å²) in [6.45, 7) is 4.49. The first-order valence-corrected chi connectivity index (χ1v) is 5.46. The van der Waals surface area contributed by atoms with E-state index in [-0.39, 0.29) is 6.29 Å². The number of rotatable bonds is 5. The molecule has 0 aromatic heterocycles. The van der Waals surface area contributed by atoms with E-state index in [0.717, 1.165) is 6.42 Å². The Hall–Kier alpha value is -0.0800. The fourth-order valence-corrected chi connectivity index (χ4v) is 1.94. The van der Waals surface area contributed by atoms with Crippen LogP contribution in [-0.2, 0) is 9.47 Å². The van der Waals surface area contributed by atoms with Crippen molar-refractivity contribution < 1.29 is 9.47 Å². The van der Waals surface area contributed by atoms with Crippen LogP contribution in [0.1, 0.15) is 46.0 Å². The van der Waals surface area contributed by atoms with E-state index in [2.05, 4.69) is 13.8 Å². The van der Waals surface area contributed by atoms with Gasteiger partial charge in [-0.05, 0) is 12.3 Å². The second-order valence-electron chi connectivity index (χ2n) is 4.05. The Labute approximate surface area is 81.6 Å². The van der Waals surface area contributed by atoms with Crippen molar-refractivity contribution in [2.24, 2.45) is 5.92 Å². The molecule has 1 rings (SSSR count). The molecule has 2 heteroatoms. The molecule has 0 aromatic carbocycles. The van der Waals surface area contributed by atoms with Crippen LogP contribution in [0.25, 0.3) is 0 Å². The van der Waals surface area contributed by atoms with E-state index in [1.165, 1.54) is 25.7 Å². The van der Waals surface area contributed by atoms with Crippen molar-refractivity contribution in [2.45, 2.75) is 58.3 Å². The lowest BCUT2D eigenvalue weighted by atomic mass is 9.99. The summed E-state index contributed by atoms with van der Waals surface area (Å²) in [5.74, 6) is 0.668. The maximum absolute atomic E-state index is 5.75. The fraction of sp³-hybridized carbons (Fsp3) is 1.00. The van der Waals surface area contributed by atoms with Gasteiger partial charge in [-0.2, -0.15) is 0 Å². The summed E-state index contributed by atoms with van der Waals surface area (Å²) in [4.78, 5) is 0. The Morgan fingerprint density at radius 1 is 1.38 bits per heavy atom. The van der Waals surface area contributed by atoms with Gasteiger partial charge in [0.05, 0.1) is 6.10 Å². The molecule has 2 nitrogen and oxygen atoms in total. The molecule has 0 bridgehead atoms. The van der Waals surface area contributed by atoms with Gasteiger partial charge in [0.15, 0.2) is 6.29 Å². The molecule has 0 N–H and O–H groups in total. The summed E-state index contributed by atoms with van der Waals surface area (Å²) in [5.41, 5.74) is 0. The summed E-state index contributed by atoms with van der Waals surface area (Å²) in [6.07, 6.45) is 6.67. The second-order valence-corrected chi connectivity index (χ2v) is 4.05. The van der Waals surface area contributed by atoms with Crippen LogP contribution < -0.4 is 0 Å². The van der Waals surface area contributed by atoms with Crippen LogP contribution in [0.15, 0.2) is 0 Å². The summed E-state index contributed by atoms with van der Waals surface area (Å²) < 4.78 is 10.9. The number of unbranched alkanes of at least 4 members (excludes halogenated alkanes) is 2. The zero-order valence-corrected chi connectivity index (χ0v) is 9.08. The van der Waals surface area contributed by atoms with E-state index >= 15 is 0 Å². The molecular formula is C11H22O2. The van der Waals surface area contributed by atoms with Crippen LogP contribution in [0.4, 0.5) is 0 Å². The molecule has 0 spiro atoms. The highest BCUT2D eigenvalue weighted by atomic mass is 16.7. The number of hydrogen-bond acceptors (Lipinski definition) is 2. The molecule has 1 aliphatic rings. The molecule has 1 fully saturated rings. The monoisotopic (exact) mass is 186 g/mol. The van der Waals surface area contributed by atoms with Crippen LogP contribution in [0.2, 0.25) is 0 Å². The summed E-state index contributed by atoms with van der Waals surface area (Å²) in [7, 11) is 1.73. The SMILES string of the molecule is CCCCC[C@H]1OC(OC)C[C@@H]1C. The number of methoxy groups -OCH3 is 1. The van der Waals surface area contributed by atoms with E-state index in [1.807, 2.05) is 0 Å². The predicted octanol–water partition coefficient (Wildman–Crippen LogP) is 2.96. The molecule has 0 radical (unpaired) electrons. The zero-order valence-electron chi connectivity index (χ0n) is 9.08. The molecule has 13 heavy (non-hydrogen) atoms. The van der Waals surface area contributed by atoms with Crippen LogP contribution in [0, 0.1) is 5.92 Å². The van der Waals surface area contributed by atoms with Gasteiger partial charge in [0.25, 0.3) is 0 Å². The minimum Gasteiger partial charge on any atom is -0.356 e. The van der Waals surface area contributed by atoms with Crippen molar-refractivity contribution >= 4 is 0 Å². The third kappa shape index (κ3) is 3.28. The Balaban J connectivity index is 2.18. The number of hydrogen-bond donors (Lipinski definition) is 0. The third-order valence-corrected chi connectivity index (χ3v) is 2.88. The summed E-state index contributed by atoms with van der Waals surface area (Å²) in [5, 5.41) is 0. The number of ether oxygens (including phenoxy) is 2. The maximum Gasteiger partial charge on any atom is 0.157 e. The van der Waals surface area contributed by atoms with Gasteiger partial charge in [0.2, 0.25) is 0 Å². The average Bonchev–Trinajstić information content (AvgIpc) is 2.48. The molecule has 1 unspecified atom stereocenters. The molecule has 78 valence electrons. The van der Waals surface area contributed by atoms with Gasteiger partial charge in [-0.1, -0.05) is 33.1 Å². The van der Waals surface area contributed by atoms with Gasteiger partial charge in [-0.25, -0.2) is 0 Å². The van der Waals surface area contributed by atoms with Crippen LogP contribution in [0.5, 0.6) is 0 Å². The molecule has 1 aliphatic heterocycles. The lowest BCUT2D eigenvalue weighted by Crippen LogP contribution is -2.14. The summed E-state index contributed by atoms with van der Waals surface area (Å²) in [6, 6.07) is 0. The first kappa shape index (κ1) is 11.0. The standard InChI is InChI=1S/C11H22O2/c1-4-5-6-7-10-9(2)8-11(12-3)13-10/h9-11H,4-8H2,1-3H3/t9-,10+,11?/m0/s1. The van der Waals surface area contributed by atoms with Gasteiger partial charge < -0.3 is 9.47 Å².